The molecule has 2 amide bonds. The van der Waals surface area contributed by atoms with Gasteiger partial charge < -0.3 is 15.0 Å². The maximum Gasteiger partial charge on any atom is 0.573 e. The molecule has 1 saturated heterocycles. The van der Waals surface area contributed by atoms with Gasteiger partial charge in [-0.15, -0.1) is 18.3 Å². The van der Waals surface area contributed by atoms with Crippen molar-refractivity contribution in [2.75, 3.05) is 17.2 Å². The molecule has 234 valence electrons. The normalized spacial score (nSPS) is 15.0. The van der Waals surface area contributed by atoms with Crippen molar-refractivity contribution in [1.82, 2.24) is 20.1 Å². The summed E-state index contributed by atoms with van der Waals surface area (Å²) in [4.78, 5) is 23.9. The van der Waals surface area contributed by atoms with E-state index in [0.29, 0.717) is 28.3 Å². The minimum atomic E-state index is -4.75. The molecule has 12 heteroatoms. The first-order chi connectivity index (χ1) is 21.4. The topological polar surface area (TPSA) is 84.6 Å². The van der Waals surface area contributed by atoms with Crippen LogP contribution >= 0.6 is 11.8 Å². The number of anilines is 1. The predicted octanol–water partition coefficient (Wildman–Crippen LogP) is 8.33. The number of allylic oxidation sites excluding steroid dienone is 2. The van der Waals surface area contributed by atoms with Gasteiger partial charge in [0.15, 0.2) is 11.0 Å². The third-order valence-electron chi connectivity index (χ3n) is 7.40. The number of urea groups is 1. The number of amidine groups is 1. The zero-order chi connectivity index (χ0) is 32.3. The zero-order valence-corrected chi connectivity index (χ0v) is 26.3. The van der Waals surface area contributed by atoms with Gasteiger partial charge in [-0.25, -0.2) is 14.5 Å². The third-order valence-corrected chi connectivity index (χ3v) is 8.36. The SMILES string of the molecule is C/C(NC(=O)N=C1SCCN1c1cccc(C)c1C(C)C)=C(/C)c1ccc(-c2ncn(-c3ccc(OC(F)(F)F)cc3)n2)cc1. The van der Waals surface area contributed by atoms with Gasteiger partial charge in [0.2, 0.25) is 0 Å². The maximum atomic E-state index is 13.0. The molecule has 0 aliphatic carbocycles. The number of hydrogen-bond acceptors (Lipinski definition) is 5. The van der Waals surface area contributed by atoms with E-state index in [-0.39, 0.29) is 5.75 Å². The summed E-state index contributed by atoms with van der Waals surface area (Å²) < 4.78 is 42.7. The van der Waals surface area contributed by atoms with E-state index in [2.05, 4.69) is 62.9 Å². The summed E-state index contributed by atoms with van der Waals surface area (Å²) in [5.41, 5.74) is 7.34. The smallest absolute Gasteiger partial charge is 0.406 e. The molecule has 0 radical (unpaired) electrons. The first-order valence-corrected chi connectivity index (χ1v) is 15.3. The van der Waals surface area contributed by atoms with Crippen LogP contribution in [-0.4, -0.2) is 44.6 Å². The number of alkyl halides is 3. The van der Waals surface area contributed by atoms with E-state index in [1.807, 2.05) is 44.2 Å². The van der Waals surface area contributed by atoms with Crippen LogP contribution < -0.4 is 15.0 Å². The molecule has 1 aliphatic rings. The molecule has 3 aromatic carbocycles. The van der Waals surface area contributed by atoms with Crippen molar-refractivity contribution in [2.45, 2.75) is 46.9 Å². The van der Waals surface area contributed by atoms with Gasteiger partial charge in [-0.2, -0.15) is 4.99 Å². The predicted molar refractivity (Wildman–Crippen MR) is 173 cm³/mol. The fourth-order valence-corrected chi connectivity index (χ4v) is 6.09. The number of benzene rings is 3. The molecule has 1 aliphatic heterocycles. The molecule has 0 bridgehead atoms. The highest BCUT2D eigenvalue weighted by atomic mass is 32.2. The molecule has 4 aromatic rings. The molecule has 1 N–H and O–H groups in total. The highest BCUT2D eigenvalue weighted by molar-refractivity contribution is 8.14. The van der Waals surface area contributed by atoms with Gasteiger partial charge in [-0.3, -0.25) is 0 Å². The molecule has 0 unspecified atom stereocenters. The number of amides is 2. The number of aromatic nitrogens is 3. The van der Waals surface area contributed by atoms with Crippen molar-refractivity contribution < 1.29 is 22.7 Å². The van der Waals surface area contributed by atoms with Gasteiger partial charge in [0.05, 0.1) is 5.69 Å². The minimum absolute atomic E-state index is 0.314. The van der Waals surface area contributed by atoms with Crippen molar-refractivity contribution in [3.05, 3.63) is 95.4 Å². The van der Waals surface area contributed by atoms with Crippen LogP contribution in [0.2, 0.25) is 0 Å². The molecule has 0 atom stereocenters. The Morgan fingerprint density at radius 1 is 1.04 bits per heavy atom. The monoisotopic (exact) mass is 634 g/mol. The Hall–Kier alpha value is -4.58. The molecular weight excluding hydrogens is 601 g/mol. The van der Waals surface area contributed by atoms with E-state index in [1.54, 1.807) is 11.8 Å². The van der Waals surface area contributed by atoms with Crippen molar-refractivity contribution >= 4 is 34.2 Å². The number of aryl methyl sites for hydroxylation is 1. The Balaban J connectivity index is 1.26. The van der Waals surface area contributed by atoms with Gasteiger partial charge in [0.25, 0.3) is 0 Å². The van der Waals surface area contributed by atoms with Crippen LogP contribution in [0.15, 0.2) is 83.7 Å². The molecule has 1 fully saturated rings. The number of carbonyl (C=O) groups is 1. The summed E-state index contributed by atoms with van der Waals surface area (Å²) in [5.74, 6) is 1.34. The van der Waals surface area contributed by atoms with E-state index in [0.717, 1.165) is 34.7 Å². The summed E-state index contributed by atoms with van der Waals surface area (Å²) in [6, 6.07) is 18.8. The Morgan fingerprint density at radius 2 is 1.76 bits per heavy atom. The van der Waals surface area contributed by atoms with E-state index in [1.165, 1.54) is 46.4 Å². The van der Waals surface area contributed by atoms with Gasteiger partial charge in [0.1, 0.15) is 12.1 Å². The van der Waals surface area contributed by atoms with Crippen LogP contribution in [-0.2, 0) is 0 Å². The fourth-order valence-electron chi connectivity index (χ4n) is 5.14. The van der Waals surface area contributed by atoms with Crippen LogP contribution in [0.5, 0.6) is 5.75 Å². The second-order valence-electron chi connectivity index (χ2n) is 10.9. The van der Waals surface area contributed by atoms with E-state index in [9.17, 15) is 18.0 Å². The average molecular weight is 635 g/mol. The molecular formula is C33H33F3N6O2S. The number of aliphatic imine (C=N–C) groups is 1. The number of halogens is 3. The molecule has 0 spiro atoms. The lowest BCUT2D eigenvalue weighted by Crippen LogP contribution is -2.28. The maximum absolute atomic E-state index is 13.0. The number of hydrogen-bond donors (Lipinski definition) is 1. The highest BCUT2D eigenvalue weighted by Crippen LogP contribution is 2.35. The average Bonchev–Trinajstić information content (AvgIpc) is 3.66. The van der Waals surface area contributed by atoms with E-state index in [4.69, 9.17) is 0 Å². The fraction of sp³-hybridized carbons (Fsp3) is 0.273. The lowest BCUT2D eigenvalue weighted by molar-refractivity contribution is -0.274. The number of nitrogens with one attached hydrogen (secondary N) is 1. The second-order valence-corrected chi connectivity index (χ2v) is 11.9. The number of carbonyl (C=O) groups excluding carboxylic acids is 1. The van der Waals surface area contributed by atoms with Gasteiger partial charge in [-0.1, -0.05) is 62.0 Å². The number of ether oxygens (including phenoxy) is 1. The van der Waals surface area contributed by atoms with E-state index >= 15 is 0 Å². The largest absolute Gasteiger partial charge is 0.573 e. The standard InChI is InChI=1S/C33H33F3N6O2S/c1-20(2)29-21(3)7-6-8-28(29)41-17-18-45-32(41)39-31(43)38-23(5)22(4)24-9-11-25(12-10-24)30-37-19-42(40-30)26-13-15-27(16-14-26)44-33(34,35)36/h6-16,19-20H,17-18H2,1-5H3,(H,38,43)/b23-22+,39-32?. The summed E-state index contributed by atoms with van der Waals surface area (Å²) in [6.45, 7) is 11.0. The Morgan fingerprint density at radius 3 is 2.42 bits per heavy atom. The molecule has 8 nitrogen and oxygen atoms in total. The molecule has 1 aromatic heterocycles. The summed E-state index contributed by atoms with van der Waals surface area (Å²) >= 11 is 1.57. The minimum Gasteiger partial charge on any atom is -0.406 e. The van der Waals surface area contributed by atoms with Crippen molar-refractivity contribution in [3.63, 3.8) is 0 Å². The number of nitrogens with zero attached hydrogens (tertiary/aromatic N) is 5. The number of thioether (sulfide) groups is 1. The van der Waals surface area contributed by atoms with Crippen molar-refractivity contribution in [2.24, 2.45) is 4.99 Å². The van der Waals surface area contributed by atoms with Gasteiger partial charge in [-0.05, 0) is 79.3 Å². The Labute approximate surface area is 264 Å². The summed E-state index contributed by atoms with van der Waals surface area (Å²) in [5, 5.41) is 8.06. The van der Waals surface area contributed by atoms with Gasteiger partial charge >= 0.3 is 12.4 Å². The van der Waals surface area contributed by atoms with Crippen LogP contribution in [0.25, 0.3) is 22.6 Å². The molecule has 45 heavy (non-hydrogen) atoms. The highest BCUT2D eigenvalue weighted by Gasteiger charge is 2.31. The zero-order valence-electron chi connectivity index (χ0n) is 25.5. The van der Waals surface area contributed by atoms with Gasteiger partial charge in [0, 0.05) is 29.2 Å². The van der Waals surface area contributed by atoms with Crippen LogP contribution in [0.3, 0.4) is 0 Å². The molecule has 2 heterocycles. The first-order valence-electron chi connectivity index (χ1n) is 14.4. The molecule has 5 rings (SSSR count). The van der Waals surface area contributed by atoms with Crippen LogP contribution in [0, 0.1) is 6.92 Å². The first kappa shape index (κ1) is 31.8. The lowest BCUT2D eigenvalue weighted by Gasteiger charge is -2.24. The molecule has 0 saturated carbocycles. The Bertz CT molecular complexity index is 1750. The second kappa shape index (κ2) is 13.2. The summed E-state index contributed by atoms with van der Waals surface area (Å²) in [7, 11) is 0. The van der Waals surface area contributed by atoms with E-state index < -0.39 is 12.4 Å². The van der Waals surface area contributed by atoms with Crippen molar-refractivity contribution in [3.8, 4) is 22.8 Å². The Kier molecular flexibility index (Phi) is 9.33. The number of rotatable bonds is 7. The lowest BCUT2D eigenvalue weighted by atomic mass is 9.95. The quantitative estimate of drug-likeness (QED) is 0.220. The third kappa shape index (κ3) is 7.56. The summed E-state index contributed by atoms with van der Waals surface area (Å²) in [6.07, 6.45) is -3.27. The van der Waals surface area contributed by atoms with Crippen molar-refractivity contribution in [1.29, 1.82) is 0 Å². The van der Waals surface area contributed by atoms with Crippen LogP contribution in [0.4, 0.5) is 23.7 Å². The van der Waals surface area contributed by atoms with Crippen LogP contribution in [0.1, 0.15) is 50.3 Å².